The quantitative estimate of drug-likeness (QED) is 0.661. The summed E-state index contributed by atoms with van der Waals surface area (Å²) in [6.07, 6.45) is 0. The molecule has 0 radical (unpaired) electrons. The van der Waals surface area contributed by atoms with Crippen molar-refractivity contribution in [2.45, 2.75) is 0 Å². The lowest BCUT2D eigenvalue weighted by Crippen LogP contribution is -2.14. The Morgan fingerprint density at radius 2 is 2.29 bits per heavy atom. The second kappa shape index (κ2) is 3.19. The van der Waals surface area contributed by atoms with Crippen molar-refractivity contribution in [2.75, 3.05) is 13.3 Å². The van der Waals surface area contributed by atoms with Gasteiger partial charge in [-0.3, -0.25) is 4.79 Å². The van der Waals surface area contributed by atoms with E-state index in [4.69, 9.17) is 15.2 Å². The zero-order valence-corrected chi connectivity index (χ0v) is 7.32. The maximum absolute atomic E-state index is 11.4. The molecule has 1 aliphatic rings. The lowest BCUT2D eigenvalue weighted by atomic mass is 10.1. The standard InChI is InChI=1S/C9H9NO4/c10-3-6(12)8-5(11)1-2-7-9(8)14-4-13-7/h1-2,11H,3-4,10H2. The summed E-state index contributed by atoms with van der Waals surface area (Å²) in [6, 6.07) is 2.93. The average Bonchev–Trinajstić information content (AvgIpc) is 2.64. The first kappa shape index (κ1) is 8.83. The number of phenolic OH excluding ortho intramolecular Hbond substituents is 1. The summed E-state index contributed by atoms with van der Waals surface area (Å²) >= 11 is 0. The summed E-state index contributed by atoms with van der Waals surface area (Å²) in [5.74, 6) is 0.231. The number of aromatic hydroxyl groups is 1. The number of carbonyl (C=O) groups is 1. The monoisotopic (exact) mass is 195 g/mol. The fourth-order valence-corrected chi connectivity index (χ4v) is 1.33. The predicted octanol–water partition coefficient (Wildman–Crippen LogP) is 0.262. The third kappa shape index (κ3) is 1.18. The van der Waals surface area contributed by atoms with Gasteiger partial charge >= 0.3 is 0 Å². The zero-order valence-electron chi connectivity index (χ0n) is 7.32. The van der Waals surface area contributed by atoms with Crippen LogP contribution in [0.4, 0.5) is 0 Å². The van der Waals surface area contributed by atoms with Crippen molar-refractivity contribution >= 4 is 5.78 Å². The van der Waals surface area contributed by atoms with Gasteiger partial charge in [-0.15, -0.1) is 0 Å². The molecule has 0 atom stereocenters. The third-order valence-corrected chi connectivity index (χ3v) is 1.98. The number of Topliss-reactive ketones (excluding diaryl/α,β-unsaturated/α-hetero) is 1. The predicted molar refractivity (Wildman–Crippen MR) is 47.6 cm³/mol. The highest BCUT2D eigenvalue weighted by Crippen LogP contribution is 2.40. The van der Waals surface area contributed by atoms with Gasteiger partial charge in [-0.25, -0.2) is 0 Å². The zero-order chi connectivity index (χ0) is 10.1. The number of hydrogen-bond donors (Lipinski definition) is 2. The molecule has 5 heteroatoms. The van der Waals surface area contributed by atoms with Crippen molar-refractivity contribution in [3.05, 3.63) is 17.7 Å². The van der Waals surface area contributed by atoms with Crippen molar-refractivity contribution < 1.29 is 19.4 Å². The maximum Gasteiger partial charge on any atom is 0.231 e. The smallest absolute Gasteiger partial charge is 0.231 e. The molecule has 0 fully saturated rings. The number of ether oxygens (including phenoxy) is 2. The second-order valence-corrected chi connectivity index (χ2v) is 2.82. The molecule has 0 aliphatic carbocycles. The van der Waals surface area contributed by atoms with Gasteiger partial charge < -0.3 is 20.3 Å². The summed E-state index contributed by atoms with van der Waals surface area (Å²) in [7, 11) is 0. The fraction of sp³-hybridized carbons (Fsp3) is 0.222. The van der Waals surface area contributed by atoms with Crippen LogP contribution in [-0.4, -0.2) is 24.2 Å². The van der Waals surface area contributed by atoms with Crippen LogP contribution >= 0.6 is 0 Å². The van der Waals surface area contributed by atoms with E-state index in [0.29, 0.717) is 5.75 Å². The maximum atomic E-state index is 11.4. The van der Waals surface area contributed by atoms with Crippen molar-refractivity contribution in [2.24, 2.45) is 5.73 Å². The van der Waals surface area contributed by atoms with Gasteiger partial charge in [0.25, 0.3) is 0 Å². The topological polar surface area (TPSA) is 81.8 Å². The van der Waals surface area contributed by atoms with Crippen molar-refractivity contribution in [3.63, 3.8) is 0 Å². The van der Waals surface area contributed by atoms with Crippen LogP contribution in [0.3, 0.4) is 0 Å². The molecule has 1 aromatic carbocycles. The summed E-state index contributed by atoms with van der Waals surface area (Å²) in [5.41, 5.74) is 5.31. The van der Waals surface area contributed by atoms with E-state index in [1.807, 2.05) is 0 Å². The molecule has 0 unspecified atom stereocenters. The molecule has 0 saturated heterocycles. The van der Waals surface area contributed by atoms with Crippen LogP contribution in [0, 0.1) is 0 Å². The van der Waals surface area contributed by atoms with Crippen LogP contribution < -0.4 is 15.2 Å². The highest BCUT2D eigenvalue weighted by atomic mass is 16.7. The molecular formula is C9H9NO4. The molecule has 1 aromatic rings. The first-order valence-electron chi connectivity index (χ1n) is 4.09. The molecule has 2 rings (SSSR count). The lowest BCUT2D eigenvalue weighted by Gasteiger charge is -2.05. The Bertz CT molecular complexity index is 389. The van der Waals surface area contributed by atoms with Crippen LogP contribution in [-0.2, 0) is 0 Å². The van der Waals surface area contributed by atoms with Gasteiger partial charge in [0, 0.05) is 0 Å². The molecule has 0 saturated carbocycles. The Morgan fingerprint density at radius 1 is 1.50 bits per heavy atom. The lowest BCUT2D eigenvalue weighted by molar-refractivity contribution is 0.0994. The van der Waals surface area contributed by atoms with E-state index in [1.54, 1.807) is 6.07 Å². The van der Waals surface area contributed by atoms with Crippen molar-refractivity contribution in [1.82, 2.24) is 0 Å². The Balaban J connectivity index is 2.57. The van der Waals surface area contributed by atoms with E-state index in [-0.39, 0.29) is 36.2 Å². The van der Waals surface area contributed by atoms with Gasteiger partial charge in [-0.2, -0.15) is 0 Å². The van der Waals surface area contributed by atoms with E-state index in [9.17, 15) is 9.90 Å². The Kier molecular flexibility index (Phi) is 2.01. The molecule has 3 N–H and O–H groups in total. The average molecular weight is 195 g/mol. The van der Waals surface area contributed by atoms with E-state index in [0.717, 1.165) is 0 Å². The second-order valence-electron chi connectivity index (χ2n) is 2.82. The molecule has 74 valence electrons. The van der Waals surface area contributed by atoms with Crippen LogP contribution in [0.5, 0.6) is 17.2 Å². The van der Waals surface area contributed by atoms with E-state index in [2.05, 4.69) is 0 Å². The fourth-order valence-electron chi connectivity index (χ4n) is 1.33. The first-order valence-corrected chi connectivity index (χ1v) is 4.09. The third-order valence-electron chi connectivity index (χ3n) is 1.98. The largest absolute Gasteiger partial charge is 0.507 e. The number of rotatable bonds is 2. The van der Waals surface area contributed by atoms with Gasteiger partial charge in [0.1, 0.15) is 11.3 Å². The number of nitrogens with two attached hydrogens (primary N) is 1. The Hall–Kier alpha value is -1.75. The number of fused-ring (bicyclic) bond motifs is 1. The van der Waals surface area contributed by atoms with Gasteiger partial charge in [-0.05, 0) is 12.1 Å². The molecule has 14 heavy (non-hydrogen) atoms. The Labute approximate surface area is 80.0 Å². The van der Waals surface area contributed by atoms with Gasteiger partial charge in [0.2, 0.25) is 6.79 Å². The number of carbonyl (C=O) groups excluding carboxylic acids is 1. The van der Waals surface area contributed by atoms with Crippen molar-refractivity contribution in [3.8, 4) is 17.2 Å². The van der Waals surface area contributed by atoms with E-state index >= 15 is 0 Å². The highest BCUT2D eigenvalue weighted by Gasteiger charge is 2.24. The number of benzene rings is 1. The van der Waals surface area contributed by atoms with Crippen molar-refractivity contribution in [1.29, 1.82) is 0 Å². The van der Waals surface area contributed by atoms with E-state index in [1.165, 1.54) is 6.07 Å². The number of hydrogen-bond acceptors (Lipinski definition) is 5. The SMILES string of the molecule is NCC(=O)c1c(O)ccc2c1OCO2. The summed E-state index contributed by atoms with van der Waals surface area (Å²) in [4.78, 5) is 11.4. The van der Waals surface area contributed by atoms with Gasteiger partial charge in [0.15, 0.2) is 17.3 Å². The Morgan fingerprint density at radius 3 is 3.00 bits per heavy atom. The highest BCUT2D eigenvalue weighted by molar-refractivity contribution is 6.03. The summed E-state index contributed by atoms with van der Waals surface area (Å²) in [5, 5.41) is 9.46. The molecule has 0 aromatic heterocycles. The molecule has 1 heterocycles. The molecule has 0 amide bonds. The summed E-state index contributed by atoms with van der Waals surface area (Å²) in [6.45, 7) is -0.114. The number of ketones is 1. The molecule has 0 bridgehead atoms. The van der Waals surface area contributed by atoms with Gasteiger partial charge in [-0.1, -0.05) is 0 Å². The minimum Gasteiger partial charge on any atom is -0.507 e. The first-order chi connectivity index (χ1) is 6.74. The van der Waals surface area contributed by atoms with Gasteiger partial charge in [0.05, 0.1) is 6.54 Å². The molecule has 1 aliphatic heterocycles. The van der Waals surface area contributed by atoms with Crippen LogP contribution in [0.25, 0.3) is 0 Å². The minimum absolute atomic E-state index is 0.0592. The van der Waals surface area contributed by atoms with Crippen LogP contribution in [0.15, 0.2) is 12.1 Å². The minimum atomic E-state index is -0.371. The summed E-state index contributed by atoms with van der Waals surface area (Å²) < 4.78 is 10.1. The number of phenols is 1. The van der Waals surface area contributed by atoms with E-state index < -0.39 is 0 Å². The normalized spacial score (nSPS) is 12.9. The van der Waals surface area contributed by atoms with Crippen LogP contribution in [0.2, 0.25) is 0 Å². The molecule has 5 nitrogen and oxygen atoms in total. The molecular weight excluding hydrogens is 186 g/mol. The molecule has 0 spiro atoms. The van der Waals surface area contributed by atoms with Crippen LogP contribution in [0.1, 0.15) is 10.4 Å².